The van der Waals surface area contributed by atoms with E-state index in [-0.39, 0.29) is 5.91 Å². The first-order valence-electron chi connectivity index (χ1n) is 9.45. The predicted molar refractivity (Wildman–Crippen MR) is 109 cm³/mol. The maximum Gasteiger partial charge on any atom is 0.251 e. The average molecular weight is 360 g/mol. The second kappa shape index (κ2) is 6.99. The van der Waals surface area contributed by atoms with E-state index in [4.69, 9.17) is 0 Å². The number of nitrogens with one attached hydrogen (secondary N) is 1. The predicted octanol–water partition coefficient (Wildman–Crippen LogP) is 3.95. The van der Waals surface area contributed by atoms with Crippen LogP contribution in [0.2, 0.25) is 0 Å². The Bertz CT molecular complexity index is 1010. The number of benzene rings is 2. The number of carbonyl (C=O) groups is 1. The van der Waals surface area contributed by atoms with Gasteiger partial charge in [0, 0.05) is 36.8 Å². The lowest BCUT2D eigenvalue weighted by Crippen LogP contribution is -2.25. The van der Waals surface area contributed by atoms with Gasteiger partial charge in [0.15, 0.2) is 0 Å². The van der Waals surface area contributed by atoms with Gasteiger partial charge in [-0.25, -0.2) is 9.97 Å². The van der Waals surface area contributed by atoms with E-state index in [1.54, 1.807) is 0 Å². The third-order valence-corrected chi connectivity index (χ3v) is 5.11. The Morgan fingerprint density at radius 2 is 2.04 bits per heavy atom. The second-order valence-electron chi connectivity index (χ2n) is 7.24. The number of carbonyl (C=O) groups excluding carboxylic acids is 1. The number of amides is 1. The molecule has 1 amide bonds. The highest BCUT2D eigenvalue weighted by Crippen LogP contribution is 2.28. The topological polar surface area (TPSA) is 58.1 Å². The standard InChI is InChI=1S/C22H24N4O/c1-4-26(3)22-23-13-17-11-15(7-10-20(17)25-22)19-12-16(6-5-14(19)2)21(27)24-18-8-9-18/h5-7,10-13,18H,4,8-9H2,1-3H3,(H,24,27). The summed E-state index contributed by atoms with van der Waals surface area (Å²) < 4.78 is 0. The number of fused-ring (bicyclic) bond motifs is 1. The van der Waals surface area contributed by atoms with E-state index in [9.17, 15) is 4.79 Å². The van der Waals surface area contributed by atoms with Crippen molar-refractivity contribution in [2.24, 2.45) is 0 Å². The molecule has 0 atom stereocenters. The number of hydrogen-bond donors (Lipinski definition) is 1. The monoisotopic (exact) mass is 360 g/mol. The summed E-state index contributed by atoms with van der Waals surface area (Å²) in [5, 5.41) is 4.05. The fourth-order valence-electron chi connectivity index (χ4n) is 3.09. The van der Waals surface area contributed by atoms with Crippen LogP contribution in [0, 0.1) is 6.92 Å². The minimum Gasteiger partial charge on any atom is -0.349 e. The zero-order valence-corrected chi connectivity index (χ0v) is 16.0. The first-order chi connectivity index (χ1) is 13.0. The molecular formula is C22H24N4O. The van der Waals surface area contributed by atoms with Gasteiger partial charge in [0.25, 0.3) is 5.91 Å². The molecule has 5 nitrogen and oxygen atoms in total. The van der Waals surface area contributed by atoms with Gasteiger partial charge in [0.05, 0.1) is 5.52 Å². The van der Waals surface area contributed by atoms with Gasteiger partial charge < -0.3 is 10.2 Å². The summed E-state index contributed by atoms with van der Waals surface area (Å²) in [6, 6.07) is 12.4. The van der Waals surface area contributed by atoms with Gasteiger partial charge in [-0.3, -0.25) is 4.79 Å². The quantitative estimate of drug-likeness (QED) is 0.748. The molecule has 3 aromatic rings. The summed E-state index contributed by atoms with van der Waals surface area (Å²) in [6.07, 6.45) is 4.04. The molecule has 0 aliphatic heterocycles. The third kappa shape index (κ3) is 3.63. The molecule has 0 unspecified atom stereocenters. The highest BCUT2D eigenvalue weighted by Gasteiger charge is 2.24. The maximum absolute atomic E-state index is 12.4. The first kappa shape index (κ1) is 17.5. The van der Waals surface area contributed by atoms with Gasteiger partial charge >= 0.3 is 0 Å². The lowest BCUT2D eigenvalue weighted by molar-refractivity contribution is 0.0951. The van der Waals surface area contributed by atoms with Crippen LogP contribution in [-0.4, -0.2) is 35.5 Å². The molecule has 1 aliphatic carbocycles. The van der Waals surface area contributed by atoms with Gasteiger partial charge in [0.2, 0.25) is 5.95 Å². The van der Waals surface area contributed by atoms with Crippen molar-refractivity contribution in [3.8, 4) is 11.1 Å². The van der Waals surface area contributed by atoms with E-state index < -0.39 is 0 Å². The summed E-state index contributed by atoms with van der Waals surface area (Å²) in [5.41, 5.74) is 4.90. The zero-order valence-electron chi connectivity index (χ0n) is 16.0. The van der Waals surface area contributed by atoms with E-state index in [1.165, 1.54) is 0 Å². The summed E-state index contributed by atoms with van der Waals surface area (Å²) >= 11 is 0. The summed E-state index contributed by atoms with van der Waals surface area (Å²) in [4.78, 5) is 23.5. The Morgan fingerprint density at radius 1 is 1.22 bits per heavy atom. The van der Waals surface area contributed by atoms with E-state index in [0.29, 0.717) is 11.6 Å². The summed E-state index contributed by atoms with van der Waals surface area (Å²) in [6.45, 7) is 5.00. The van der Waals surface area contributed by atoms with E-state index in [1.807, 2.05) is 42.4 Å². The lowest BCUT2D eigenvalue weighted by Gasteiger charge is -2.15. The van der Waals surface area contributed by atoms with Crippen LogP contribution in [0.4, 0.5) is 5.95 Å². The first-order valence-corrected chi connectivity index (χ1v) is 9.45. The molecule has 0 bridgehead atoms. The van der Waals surface area contributed by atoms with Crippen LogP contribution >= 0.6 is 0 Å². The van der Waals surface area contributed by atoms with Gasteiger partial charge in [-0.1, -0.05) is 12.1 Å². The van der Waals surface area contributed by atoms with Crippen molar-refractivity contribution in [1.82, 2.24) is 15.3 Å². The normalized spacial score (nSPS) is 13.6. The lowest BCUT2D eigenvalue weighted by atomic mass is 9.97. The fraction of sp³-hybridized carbons (Fsp3) is 0.318. The van der Waals surface area contributed by atoms with E-state index in [2.05, 4.69) is 41.3 Å². The smallest absolute Gasteiger partial charge is 0.251 e. The van der Waals surface area contributed by atoms with E-state index >= 15 is 0 Å². The summed E-state index contributed by atoms with van der Waals surface area (Å²) in [5.74, 6) is 0.739. The number of nitrogens with zero attached hydrogens (tertiary/aromatic N) is 3. The largest absolute Gasteiger partial charge is 0.349 e. The highest BCUT2D eigenvalue weighted by atomic mass is 16.1. The molecule has 0 radical (unpaired) electrons. The third-order valence-electron chi connectivity index (χ3n) is 5.11. The molecule has 0 spiro atoms. The molecule has 1 saturated carbocycles. The molecule has 1 aromatic heterocycles. The Kier molecular flexibility index (Phi) is 4.52. The van der Waals surface area contributed by atoms with E-state index in [0.717, 1.165) is 52.9 Å². The second-order valence-corrected chi connectivity index (χ2v) is 7.24. The molecule has 4 rings (SSSR count). The fourth-order valence-corrected chi connectivity index (χ4v) is 3.09. The van der Waals surface area contributed by atoms with Crippen LogP contribution in [0.25, 0.3) is 22.0 Å². The van der Waals surface area contributed by atoms with Crippen molar-refractivity contribution in [3.63, 3.8) is 0 Å². The molecule has 2 aromatic carbocycles. The van der Waals surface area contributed by atoms with Crippen LogP contribution in [0.15, 0.2) is 42.6 Å². The number of aromatic nitrogens is 2. The molecule has 1 fully saturated rings. The molecule has 1 heterocycles. The highest BCUT2D eigenvalue weighted by molar-refractivity contribution is 5.96. The van der Waals surface area contributed by atoms with Gasteiger partial charge in [-0.15, -0.1) is 0 Å². The molecule has 1 N–H and O–H groups in total. The zero-order chi connectivity index (χ0) is 19.0. The summed E-state index contributed by atoms with van der Waals surface area (Å²) in [7, 11) is 1.98. The molecule has 1 aliphatic rings. The average Bonchev–Trinajstić information content (AvgIpc) is 3.50. The van der Waals surface area contributed by atoms with Crippen LogP contribution in [-0.2, 0) is 0 Å². The van der Waals surface area contributed by atoms with Crippen LogP contribution in [0.5, 0.6) is 0 Å². The van der Waals surface area contributed by atoms with Gasteiger partial charge in [0.1, 0.15) is 0 Å². The molecular weight excluding hydrogens is 336 g/mol. The van der Waals surface area contributed by atoms with Crippen molar-refractivity contribution in [1.29, 1.82) is 0 Å². The molecule has 27 heavy (non-hydrogen) atoms. The molecule has 5 heteroatoms. The molecule has 138 valence electrons. The van der Waals surface area contributed by atoms with Crippen molar-refractivity contribution in [2.75, 3.05) is 18.5 Å². The Balaban J connectivity index is 1.69. The Morgan fingerprint density at radius 3 is 2.78 bits per heavy atom. The van der Waals surface area contributed by atoms with Crippen LogP contribution in [0.1, 0.15) is 35.7 Å². The maximum atomic E-state index is 12.4. The number of rotatable bonds is 5. The van der Waals surface area contributed by atoms with Crippen LogP contribution < -0.4 is 10.2 Å². The number of anilines is 1. The minimum atomic E-state index is 0.00937. The number of hydrogen-bond acceptors (Lipinski definition) is 4. The molecule has 0 saturated heterocycles. The van der Waals surface area contributed by atoms with Gasteiger partial charge in [-0.05, 0) is 67.6 Å². The Labute approximate surface area is 159 Å². The SMILES string of the molecule is CCN(C)c1ncc2cc(-c3cc(C(=O)NC4CC4)ccc3C)ccc2n1. The Hall–Kier alpha value is -2.95. The van der Waals surface area contributed by atoms with Crippen LogP contribution in [0.3, 0.4) is 0 Å². The number of aryl methyl sites for hydroxylation is 1. The van der Waals surface area contributed by atoms with Crippen molar-refractivity contribution >= 4 is 22.8 Å². The van der Waals surface area contributed by atoms with Crippen molar-refractivity contribution in [3.05, 3.63) is 53.7 Å². The minimum absolute atomic E-state index is 0.00937. The van der Waals surface area contributed by atoms with Crippen molar-refractivity contribution in [2.45, 2.75) is 32.7 Å². The van der Waals surface area contributed by atoms with Gasteiger partial charge in [-0.2, -0.15) is 0 Å². The van der Waals surface area contributed by atoms with Crippen molar-refractivity contribution < 1.29 is 4.79 Å².